The number of carbonyl (C=O) groups is 1. The highest BCUT2D eigenvalue weighted by atomic mass is 35.5. The summed E-state index contributed by atoms with van der Waals surface area (Å²) in [6, 6.07) is 0.274. The normalized spacial score (nSPS) is 28.9. The van der Waals surface area contributed by atoms with Crippen molar-refractivity contribution >= 4 is 28.2 Å². The van der Waals surface area contributed by atoms with Gasteiger partial charge < -0.3 is 10.2 Å². The molecule has 2 unspecified atom stereocenters. The van der Waals surface area contributed by atoms with Gasteiger partial charge in [0.05, 0.1) is 18.1 Å². The molecular formula is C13H26ClN3O3S. The third kappa shape index (κ3) is 5.09. The fraction of sp³-hybridized carbons (Fsp3) is 0.923. The summed E-state index contributed by atoms with van der Waals surface area (Å²) >= 11 is 0. The molecule has 2 saturated heterocycles. The molecular weight excluding hydrogens is 314 g/mol. The molecule has 0 spiro atoms. The summed E-state index contributed by atoms with van der Waals surface area (Å²) in [7, 11) is -2.94. The topological polar surface area (TPSA) is 69.7 Å². The molecule has 2 fully saturated rings. The van der Waals surface area contributed by atoms with E-state index in [1.807, 2.05) is 6.92 Å². The minimum absolute atomic E-state index is 0. The van der Waals surface area contributed by atoms with Gasteiger partial charge in [-0.3, -0.25) is 9.69 Å². The van der Waals surface area contributed by atoms with E-state index in [0.717, 1.165) is 19.6 Å². The summed E-state index contributed by atoms with van der Waals surface area (Å²) < 4.78 is 23.1. The SMILES string of the molecule is CCN(C(=O)CN1CCNC(C)C1)C1CCS(=O)(=O)C1.Cl. The van der Waals surface area contributed by atoms with Gasteiger partial charge in [0.1, 0.15) is 0 Å². The summed E-state index contributed by atoms with van der Waals surface area (Å²) in [6.07, 6.45) is 0.583. The minimum Gasteiger partial charge on any atom is -0.338 e. The average molecular weight is 340 g/mol. The third-order valence-electron chi connectivity index (χ3n) is 4.12. The van der Waals surface area contributed by atoms with Crippen molar-refractivity contribution in [2.24, 2.45) is 0 Å². The second-order valence-corrected chi connectivity index (χ2v) is 8.06. The first-order valence-corrected chi connectivity index (χ1v) is 9.19. The number of amides is 1. The summed E-state index contributed by atoms with van der Waals surface area (Å²) in [4.78, 5) is 16.3. The first-order chi connectivity index (χ1) is 9.41. The van der Waals surface area contributed by atoms with Crippen molar-refractivity contribution in [1.82, 2.24) is 15.1 Å². The van der Waals surface area contributed by atoms with Gasteiger partial charge in [-0.05, 0) is 20.3 Å². The van der Waals surface area contributed by atoms with Crippen LogP contribution in [0.25, 0.3) is 0 Å². The molecule has 2 heterocycles. The number of likely N-dealkylation sites (N-methyl/N-ethyl adjacent to an activating group) is 1. The van der Waals surface area contributed by atoms with E-state index in [2.05, 4.69) is 17.1 Å². The molecule has 1 amide bonds. The van der Waals surface area contributed by atoms with E-state index >= 15 is 0 Å². The minimum atomic E-state index is -2.94. The van der Waals surface area contributed by atoms with Crippen LogP contribution in [-0.4, -0.2) is 80.4 Å². The van der Waals surface area contributed by atoms with Crippen LogP contribution in [0.3, 0.4) is 0 Å². The fourth-order valence-electron chi connectivity index (χ4n) is 3.10. The largest absolute Gasteiger partial charge is 0.338 e. The number of rotatable bonds is 4. The molecule has 0 aromatic heterocycles. The zero-order valence-electron chi connectivity index (χ0n) is 12.7. The predicted octanol–water partition coefficient (Wildman–Crippen LogP) is -0.262. The molecule has 0 aliphatic carbocycles. The Hall–Kier alpha value is -0.370. The van der Waals surface area contributed by atoms with Crippen LogP contribution in [0, 0.1) is 0 Å². The van der Waals surface area contributed by atoms with Crippen LogP contribution in [0.5, 0.6) is 0 Å². The Kier molecular flexibility index (Phi) is 6.90. The van der Waals surface area contributed by atoms with Gasteiger partial charge in [0.15, 0.2) is 9.84 Å². The molecule has 2 aliphatic rings. The van der Waals surface area contributed by atoms with Crippen molar-refractivity contribution in [1.29, 1.82) is 0 Å². The van der Waals surface area contributed by atoms with Crippen LogP contribution in [-0.2, 0) is 14.6 Å². The standard InChI is InChI=1S/C13H25N3O3S.ClH/c1-3-16(12-4-7-20(18,19)10-12)13(17)9-15-6-5-14-11(2)8-15;/h11-12,14H,3-10H2,1-2H3;1H. The number of piperazine rings is 1. The van der Waals surface area contributed by atoms with E-state index in [9.17, 15) is 13.2 Å². The van der Waals surface area contributed by atoms with Crippen LogP contribution < -0.4 is 5.32 Å². The highest BCUT2D eigenvalue weighted by molar-refractivity contribution is 7.91. The molecule has 2 atom stereocenters. The Balaban J connectivity index is 0.00000220. The van der Waals surface area contributed by atoms with Crippen LogP contribution in [0.15, 0.2) is 0 Å². The van der Waals surface area contributed by atoms with Gasteiger partial charge in [-0.1, -0.05) is 0 Å². The van der Waals surface area contributed by atoms with Gasteiger partial charge in [-0.2, -0.15) is 0 Å². The summed E-state index contributed by atoms with van der Waals surface area (Å²) in [6.45, 7) is 7.65. The summed E-state index contributed by atoms with van der Waals surface area (Å²) in [5.74, 6) is 0.403. The Morgan fingerprint density at radius 2 is 2.14 bits per heavy atom. The number of carbonyl (C=O) groups excluding carboxylic acids is 1. The molecule has 6 nitrogen and oxygen atoms in total. The smallest absolute Gasteiger partial charge is 0.237 e. The van der Waals surface area contributed by atoms with Crippen LogP contribution in [0.4, 0.5) is 0 Å². The number of nitrogens with zero attached hydrogens (tertiary/aromatic N) is 2. The Labute approximate surface area is 133 Å². The van der Waals surface area contributed by atoms with Gasteiger partial charge in [-0.15, -0.1) is 12.4 Å². The van der Waals surface area contributed by atoms with Gasteiger partial charge >= 0.3 is 0 Å². The van der Waals surface area contributed by atoms with Gasteiger partial charge in [0.25, 0.3) is 0 Å². The number of hydrogen-bond donors (Lipinski definition) is 1. The van der Waals surface area contributed by atoms with E-state index in [4.69, 9.17) is 0 Å². The number of sulfone groups is 1. The van der Waals surface area contributed by atoms with E-state index in [0.29, 0.717) is 25.6 Å². The van der Waals surface area contributed by atoms with Crippen LogP contribution >= 0.6 is 12.4 Å². The lowest BCUT2D eigenvalue weighted by Crippen LogP contribution is -2.53. The van der Waals surface area contributed by atoms with Crippen molar-refractivity contribution in [2.75, 3.05) is 44.2 Å². The average Bonchev–Trinajstić information content (AvgIpc) is 2.70. The van der Waals surface area contributed by atoms with Crippen molar-refractivity contribution in [2.45, 2.75) is 32.4 Å². The summed E-state index contributed by atoms with van der Waals surface area (Å²) in [5.41, 5.74) is 0. The van der Waals surface area contributed by atoms with Gasteiger partial charge in [0, 0.05) is 38.3 Å². The van der Waals surface area contributed by atoms with E-state index in [1.54, 1.807) is 4.90 Å². The molecule has 0 aromatic rings. The Bertz CT molecular complexity index is 458. The second kappa shape index (κ2) is 7.76. The maximum Gasteiger partial charge on any atom is 0.237 e. The molecule has 0 radical (unpaired) electrons. The zero-order chi connectivity index (χ0) is 14.8. The van der Waals surface area contributed by atoms with Crippen molar-refractivity contribution in [3.05, 3.63) is 0 Å². The highest BCUT2D eigenvalue weighted by Crippen LogP contribution is 2.18. The Morgan fingerprint density at radius 3 is 2.67 bits per heavy atom. The molecule has 8 heteroatoms. The fourth-order valence-corrected chi connectivity index (χ4v) is 4.83. The second-order valence-electron chi connectivity index (χ2n) is 5.83. The molecule has 1 N–H and O–H groups in total. The molecule has 2 rings (SSSR count). The lowest BCUT2D eigenvalue weighted by atomic mass is 10.2. The van der Waals surface area contributed by atoms with E-state index in [1.165, 1.54) is 0 Å². The van der Waals surface area contributed by atoms with Crippen LogP contribution in [0.1, 0.15) is 20.3 Å². The van der Waals surface area contributed by atoms with Crippen LogP contribution in [0.2, 0.25) is 0 Å². The molecule has 124 valence electrons. The first kappa shape index (κ1) is 18.7. The van der Waals surface area contributed by atoms with Gasteiger partial charge in [-0.25, -0.2) is 8.42 Å². The highest BCUT2D eigenvalue weighted by Gasteiger charge is 2.34. The maximum absolute atomic E-state index is 12.4. The predicted molar refractivity (Wildman–Crippen MR) is 85.6 cm³/mol. The number of halogens is 1. The van der Waals surface area contributed by atoms with Crippen molar-refractivity contribution in [3.63, 3.8) is 0 Å². The number of hydrogen-bond acceptors (Lipinski definition) is 5. The molecule has 0 bridgehead atoms. The van der Waals surface area contributed by atoms with Crippen molar-refractivity contribution in [3.8, 4) is 0 Å². The first-order valence-electron chi connectivity index (χ1n) is 7.37. The Morgan fingerprint density at radius 1 is 1.43 bits per heavy atom. The third-order valence-corrected chi connectivity index (χ3v) is 5.87. The van der Waals surface area contributed by atoms with Gasteiger partial charge in [0.2, 0.25) is 5.91 Å². The van der Waals surface area contributed by atoms with E-state index < -0.39 is 9.84 Å². The monoisotopic (exact) mass is 339 g/mol. The van der Waals surface area contributed by atoms with Crippen molar-refractivity contribution < 1.29 is 13.2 Å². The quantitative estimate of drug-likeness (QED) is 0.764. The lowest BCUT2D eigenvalue weighted by molar-refractivity contribution is -0.134. The molecule has 21 heavy (non-hydrogen) atoms. The molecule has 2 aliphatic heterocycles. The molecule has 0 saturated carbocycles. The van der Waals surface area contributed by atoms with E-state index in [-0.39, 0.29) is 35.9 Å². The maximum atomic E-state index is 12.4. The number of nitrogens with one attached hydrogen (secondary N) is 1. The summed E-state index contributed by atoms with van der Waals surface area (Å²) in [5, 5.41) is 3.35. The lowest BCUT2D eigenvalue weighted by Gasteiger charge is -2.34. The zero-order valence-corrected chi connectivity index (χ0v) is 14.4. The molecule has 0 aromatic carbocycles.